The molecule has 0 spiro atoms. The first kappa shape index (κ1) is 10.4. The first-order chi connectivity index (χ1) is 7.66. The van der Waals surface area contributed by atoms with Gasteiger partial charge in [0, 0.05) is 11.8 Å². The van der Waals surface area contributed by atoms with Gasteiger partial charge in [0.05, 0.1) is 0 Å². The third-order valence-electron chi connectivity index (χ3n) is 2.79. The maximum Gasteiger partial charge on any atom is 0.359 e. The van der Waals surface area contributed by atoms with Gasteiger partial charge in [-0.2, -0.15) is 0 Å². The van der Waals surface area contributed by atoms with Gasteiger partial charge < -0.3 is 11.5 Å². The Kier molecular flexibility index (Phi) is 2.47. The van der Waals surface area contributed by atoms with Gasteiger partial charge in [-0.1, -0.05) is 30.3 Å². The van der Waals surface area contributed by atoms with E-state index in [-0.39, 0.29) is 0 Å². The minimum atomic E-state index is -0.834. The predicted molar refractivity (Wildman–Crippen MR) is 62.6 cm³/mol. The van der Waals surface area contributed by atoms with Crippen LogP contribution in [0.3, 0.4) is 0 Å². The van der Waals surface area contributed by atoms with Gasteiger partial charge in [-0.15, -0.1) is 0 Å². The molecular weight excluding hydrogens is 200 g/mol. The van der Waals surface area contributed by atoms with Crippen molar-refractivity contribution in [2.24, 2.45) is 11.5 Å². The zero-order chi connectivity index (χ0) is 11.6. The standard InChI is InChI=1S/C12H13N4/c13-10-6-7-12(14,11(8-10)16-15)9-4-2-1-3-5-9/h1-8,11H,13-14H2/q+1. The van der Waals surface area contributed by atoms with Crippen LogP contribution in [0.15, 0.2) is 54.3 Å². The summed E-state index contributed by atoms with van der Waals surface area (Å²) in [5.74, 6) is 0. The number of benzene rings is 1. The van der Waals surface area contributed by atoms with Gasteiger partial charge in [0.1, 0.15) is 10.5 Å². The van der Waals surface area contributed by atoms with E-state index in [9.17, 15) is 0 Å². The molecule has 2 unspecified atom stereocenters. The van der Waals surface area contributed by atoms with E-state index in [2.05, 4.69) is 4.98 Å². The fourth-order valence-electron chi connectivity index (χ4n) is 1.83. The van der Waals surface area contributed by atoms with Crippen molar-refractivity contribution < 1.29 is 0 Å². The summed E-state index contributed by atoms with van der Waals surface area (Å²) in [5.41, 5.74) is 12.5. The summed E-state index contributed by atoms with van der Waals surface area (Å²) in [5, 5.41) is 9.02. The summed E-state index contributed by atoms with van der Waals surface area (Å²) in [7, 11) is 0. The molecule has 16 heavy (non-hydrogen) atoms. The van der Waals surface area contributed by atoms with Crippen LogP contribution in [-0.2, 0) is 5.54 Å². The SMILES string of the molecule is N#[N+]C1C=C(N)C=CC1(N)c1ccccc1. The largest absolute Gasteiger partial charge is 0.399 e. The zero-order valence-corrected chi connectivity index (χ0v) is 8.75. The fourth-order valence-corrected chi connectivity index (χ4v) is 1.83. The highest BCUT2D eigenvalue weighted by molar-refractivity contribution is 5.42. The number of hydrogen-bond donors (Lipinski definition) is 2. The molecule has 0 fully saturated rings. The van der Waals surface area contributed by atoms with Gasteiger partial charge in [-0.3, -0.25) is 0 Å². The molecule has 0 saturated carbocycles. The van der Waals surface area contributed by atoms with Crippen LogP contribution in [0.1, 0.15) is 5.56 Å². The van der Waals surface area contributed by atoms with Crippen LogP contribution >= 0.6 is 0 Å². The zero-order valence-electron chi connectivity index (χ0n) is 8.75. The van der Waals surface area contributed by atoms with E-state index in [0.717, 1.165) is 5.56 Å². The lowest BCUT2D eigenvalue weighted by Gasteiger charge is -2.25. The summed E-state index contributed by atoms with van der Waals surface area (Å²) in [4.78, 5) is 3.29. The topological polar surface area (TPSA) is 80.2 Å². The third kappa shape index (κ3) is 1.58. The molecule has 0 amide bonds. The van der Waals surface area contributed by atoms with Gasteiger partial charge in [-0.25, -0.2) is 0 Å². The Morgan fingerprint density at radius 3 is 2.56 bits per heavy atom. The van der Waals surface area contributed by atoms with Gasteiger partial charge >= 0.3 is 6.04 Å². The first-order valence-corrected chi connectivity index (χ1v) is 5.02. The lowest BCUT2D eigenvalue weighted by atomic mass is 9.81. The molecule has 80 valence electrons. The van der Waals surface area contributed by atoms with Gasteiger partial charge in [0.2, 0.25) is 5.39 Å². The lowest BCUT2D eigenvalue weighted by Crippen LogP contribution is -2.45. The second kappa shape index (κ2) is 3.80. The van der Waals surface area contributed by atoms with E-state index in [4.69, 9.17) is 16.9 Å². The Balaban J connectivity index is 2.47. The molecule has 1 aromatic carbocycles. The van der Waals surface area contributed by atoms with Crippen molar-refractivity contribution in [2.75, 3.05) is 0 Å². The minimum absolute atomic E-state index is 0.555. The normalized spacial score (nSPS) is 28.2. The van der Waals surface area contributed by atoms with E-state index in [1.54, 1.807) is 18.2 Å². The number of allylic oxidation sites excluding steroid dienone is 1. The molecule has 1 aromatic rings. The van der Waals surface area contributed by atoms with Crippen molar-refractivity contribution in [3.05, 3.63) is 64.8 Å². The summed E-state index contributed by atoms with van der Waals surface area (Å²) < 4.78 is 0. The number of hydrogen-bond acceptors (Lipinski definition) is 3. The molecule has 0 aromatic heterocycles. The molecule has 1 aliphatic rings. The molecule has 4 N–H and O–H groups in total. The summed E-state index contributed by atoms with van der Waals surface area (Å²) in [6, 6.07) is 8.95. The van der Waals surface area contributed by atoms with Crippen LogP contribution in [0.5, 0.6) is 0 Å². The number of rotatable bonds is 1. The summed E-state index contributed by atoms with van der Waals surface area (Å²) in [6.07, 6.45) is 5.14. The van der Waals surface area contributed by atoms with Crippen molar-refractivity contribution in [3.8, 4) is 0 Å². The Bertz CT molecular complexity index is 483. The Morgan fingerprint density at radius 1 is 1.25 bits per heavy atom. The summed E-state index contributed by atoms with van der Waals surface area (Å²) in [6.45, 7) is 0. The number of nitrogens with two attached hydrogens (primary N) is 2. The maximum atomic E-state index is 9.02. The molecule has 1 aliphatic carbocycles. The van der Waals surface area contributed by atoms with E-state index < -0.39 is 11.6 Å². The van der Waals surface area contributed by atoms with Gasteiger partial charge in [-0.05, 0) is 17.7 Å². The molecule has 2 rings (SSSR count). The lowest BCUT2D eigenvalue weighted by molar-refractivity contribution is 0.529. The highest BCUT2D eigenvalue weighted by atomic mass is 15.0. The molecule has 0 aliphatic heterocycles. The average molecular weight is 213 g/mol. The quantitative estimate of drug-likeness (QED) is 0.693. The molecule has 2 atom stereocenters. The average Bonchev–Trinajstić information content (AvgIpc) is 2.33. The van der Waals surface area contributed by atoms with Crippen molar-refractivity contribution in [2.45, 2.75) is 11.6 Å². The van der Waals surface area contributed by atoms with Crippen LogP contribution in [-0.4, -0.2) is 6.04 Å². The molecule has 4 nitrogen and oxygen atoms in total. The van der Waals surface area contributed by atoms with E-state index in [1.165, 1.54) is 0 Å². The van der Waals surface area contributed by atoms with Crippen molar-refractivity contribution >= 4 is 0 Å². The van der Waals surface area contributed by atoms with Crippen molar-refractivity contribution in [1.82, 2.24) is 0 Å². The third-order valence-corrected chi connectivity index (χ3v) is 2.79. The maximum absolute atomic E-state index is 9.02. The molecule has 0 radical (unpaired) electrons. The Labute approximate surface area is 93.9 Å². The molecule has 4 heteroatoms. The number of nitrogens with zero attached hydrogens (tertiary/aromatic N) is 2. The van der Waals surface area contributed by atoms with E-state index >= 15 is 0 Å². The summed E-state index contributed by atoms with van der Waals surface area (Å²) >= 11 is 0. The molecule has 0 bridgehead atoms. The van der Waals surface area contributed by atoms with E-state index in [1.807, 2.05) is 30.3 Å². The minimum Gasteiger partial charge on any atom is -0.399 e. The highest BCUT2D eigenvalue weighted by Crippen LogP contribution is 2.30. The van der Waals surface area contributed by atoms with Crippen LogP contribution in [0, 0.1) is 5.39 Å². The first-order valence-electron chi connectivity index (χ1n) is 5.02. The Morgan fingerprint density at radius 2 is 1.94 bits per heavy atom. The smallest absolute Gasteiger partial charge is 0.359 e. The van der Waals surface area contributed by atoms with Crippen LogP contribution in [0.2, 0.25) is 0 Å². The van der Waals surface area contributed by atoms with Crippen LogP contribution in [0.25, 0.3) is 4.98 Å². The Hall–Kier alpha value is -2.12. The van der Waals surface area contributed by atoms with Gasteiger partial charge in [0.25, 0.3) is 0 Å². The molecule has 0 heterocycles. The van der Waals surface area contributed by atoms with Crippen molar-refractivity contribution in [3.63, 3.8) is 0 Å². The van der Waals surface area contributed by atoms with Crippen molar-refractivity contribution in [1.29, 1.82) is 5.39 Å². The fraction of sp³-hybridized carbons (Fsp3) is 0.167. The second-order valence-corrected chi connectivity index (χ2v) is 3.86. The monoisotopic (exact) mass is 213 g/mol. The molecule has 0 saturated heterocycles. The van der Waals surface area contributed by atoms with Crippen LogP contribution in [0.4, 0.5) is 0 Å². The highest BCUT2D eigenvalue weighted by Gasteiger charge is 2.44. The van der Waals surface area contributed by atoms with E-state index in [0.29, 0.717) is 5.70 Å². The number of diazo groups is 1. The predicted octanol–water partition coefficient (Wildman–Crippen LogP) is 1.47. The molecular formula is C12H13N4+. The second-order valence-electron chi connectivity index (χ2n) is 3.86. The van der Waals surface area contributed by atoms with Crippen LogP contribution < -0.4 is 11.5 Å². The van der Waals surface area contributed by atoms with Gasteiger partial charge in [0.15, 0.2) is 0 Å².